The van der Waals surface area contributed by atoms with Gasteiger partial charge >= 0.3 is 0 Å². The summed E-state index contributed by atoms with van der Waals surface area (Å²) in [5.74, 6) is 1.93. The number of aromatic hydroxyl groups is 1. The molecule has 0 spiro atoms. The van der Waals surface area contributed by atoms with Crippen molar-refractivity contribution in [2.24, 2.45) is 0 Å². The Morgan fingerprint density at radius 3 is 2.43 bits per heavy atom. The third-order valence-corrected chi connectivity index (χ3v) is 3.55. The van der Waals surface area contributed by atoms with Crippen LogP contribution in [0.5, 0.6) is 17.2 Å². The zero-order valence-corrected chi connectivity index (χ0v) is 13.1. The van der Waals surface area contributed by atoms with Gasteiger partial charge in [0.1, 0.15) is 17.9 Å². The number of nitrogens with zero attached hydrogens (tertiary/aromatic N) is 2. The van der Waals surface area contributed by atoms with Gasteiger partial charge in [-0.05, 0) is 30.7 Å². The van der Waals surface area contributed by atoms with Gasteiger partial charge in [-0.15, -0.1) is 0 Å². The van der Waals surface area contributed by atoms with Crippen LogP contribution >= 0.6 is 0 Å². The van der Waals surface area contributed by atoms with Crippen LogP contribution in [0.4, 0.5) is 11.5 Å². The van der Waals surface area contributed by atoms with Gasteiger partial charge in [0, 0.05) is 11.5 Å². The van der Waals surface area contributed by atoms with Crippen molar-refractivity contribution >= 4 is 22.4 Å². The molecule has 2 N–H and O–H groups in total. The van der Waals surface area contributed by atoms with E-state index in [0.717, 1.165) is 10.9 Å². The van der Waals surface area contributed by atoms with Gasteiger partial charge in [0.2, 0.25) is 0 Å². The van der Waals surface area contributed by atoms with Gasteiger partial charge in [0.15, 0.2) is 11.5 Å². The highest BCUT2D eigenvalue weighted by molar-refractivity contribution is 5.93. The number of methoxy groups -OCH3 is 2. The van der Waals surface area contributed by atoms with E-state index in [9.17, 15) is 5.11 Å². The minimum absolute atomic E-state index is 0.164. The lowest BCUT2D eigenvalue weighted by molar-refractivity contribution is 0.356. The third kappa shape index (κ3) is 2.83. The number of benzene rings is 2. The minimum atomic E-state index is 0.164. The van der Waals surface area contributed by atoms with Crippen LogP contribution in [-0.4, -0.2) is 29.3 Å². The Morgan fingerprint density at radius 1 is 1.00 bits per heavy atom. The molecule has 1 heterocycles. The Bertz CT molecular complexity index is 865. The summed E-state index contributed by atoms with van der Waals surface area (Å²) in [5, 5.41) is 14.0. The molecular formula is C17H17N3O3. The number of aryl methyl sites for hydroxylation is 1. The smallest absolute Gasteiger partial charge is 0.162 e. The lowest BCUT2D eigenvalue weighted by atomic mass is 10.2. The molecule has 2 aromatic carbocycles. The van der Waals surface area contributed by atoms with Crippen LogP contribution < -0.4 is 14.8 Å². The van der Waals surface area contributed by atoms with Crippen molar-refractivity contribution in [1.82, 2.24) is 9.97 Å². The van der Waals surface area contributed by atoms with Gasteiger partial charge in [-0.3, -0.25) is 0 Å². The number of phenols is 1. The second-order valence-electron chi connectivity index (χ2n) is 5.09. The number of fused-ring (bicyclic) bond motifs is 1. The number of rotatable bonds is 4. The topological polar surface area (TPSA) is 76.5 Å². The molecule has 0 bridgehead atoms. The molecule has 0 aliphatic carbocycles. The monoisotopic (exact) mass is 311 g/mol. The zero-order valence-electron chi connectivity index (χ0n) is 13.1. The van der Waals surface area contributed by atoms with Crippen LogP contribution in [0.2, 0.25) is 0 Å². The van der Waals surface area contributed by atoms with Crippen molar-refractivity contribution in [3.05, 3.63) is 42.2 Å². The van der Waals surface area contributed by atoms with E-state index in [-0.39, 0.29) is 5.75 Å². The SMILES string of the molecule is COc1cc2ncnc(Nc3ccc(C)cc3O)c2cc1OC. The van der Waals surface area contributed by atoms with Crippen molar-refractivity contribution in [2.75, 3.05) is 19.5 Å². The van der Waals surface area contributed by atoms with E-state index < -0.39 is 0 Å². The molecule has 0 radical (unpaired) electrons. The van der Waals surface area contributed by atoms with E-state index in [2.05, 4.69) is 15.3 Å². The molecular weight excluding hydrogens is 294 g/mol. The summed E-state index contributed by atoms with van der Waals surface area (Å²) >= 11 is 0. The van der Waals surface area contributed by atoms with E-state index >= 15 is 0 Å². The maximum atomic E-state index is 10.1. The van der Waals surface area contributed by atoms with Crippen molar-refractivity contribution in [3.63, 3.8) is 0 Å². The third-order valence-electron chi connectivity index (χ3n) is 3.55. The number of ether oxygens (including phenoxy) is 2. The summed E-state index contributed by atoms with van der Waals surface area (Å²) in [7, 11) is 3.15. The van der Waals surface area contributed by atoms with Crippen LogP contribution in [0.1, 0.15) is 5.56 Å². The highest BCUT2D eigenvalue weighted by Crippen LogP contribution is 2.35. The van der Waals surface area contributed by atoms with E-state index in [0.29, 0.717) is 28.5 Å². The molecule has 0 amide bonds. The quantitative estimate of drug-likeness (QED) is 0.719. The van der Waals surface area contributed by atoms with Crippen molar-refractivity contribution in [2.45, 2.75) is 6.92 Å². The first-order valence-electron chi connectivity index (χ1n) is 7.05. The normalized spacial score (nSPS) is 10.6. The highest BCUT2D eigenvalue weighted by atomic mass is 16.5. The second kappa shape index (κ2) is 6.00. The predicted molar refractivity (Wildman–Crippen MR) is 88.8 cm³/mol. The average Bonchev–Trinajstić information content (AvgIpc) is 2.56. The van der Waals surface area contributed by atoms with Crippen molar-refractivity contribution < 1.29 is 14.6 Å². The van der Waals surface area contributed by atoms with Crippen molar-refractivity contribution in [1.29, 1.82) is 0 Å². The van der Waals surface area contributed by atoms with Gasteiger partial charge in [-0.25, -0.2) is 9.97 Å². The molecule has 1 aromatic heterocycles. The molecule has 0 unspecified atom stereocenters. The zero-order chi connectivity index (χ0) is 16.4. The van der Waals surface area contributed by atoms with E-state index in [1.165, 1.54) is 6.33 Å². The Morgan fingerprint density at radius 2 is 1.74 bits per heavy atom. The molecule has 118 valence electrons. The van der Waals surface area contributed by atoms with Crippen LogP contribution in [0.15, 0.2) is 36.7 Å². The summed E-state index contributed by atoms with van der Waals surface area (Å²) in [6.45, 7) is 1.92. The van der Waals surface area contributed by atoms with E-state index in [4.69, 9.17) is 9.47 Å². The Hall–Kier alpha value is -3.02. The van der Waals surface area contributed by atoms with Gasteiger partial charge in [-0.2, -0.15) is 0 Å². The van der Waals surface area contributed by atoms with Crippen LogP contribution in [0.25, 0.3) is 10.9 Å². The fourth-order valence-electron chi connectivity index (χ4n) is 2.36. The fraction of sp³-hybridized carbons (Fsp3) is 0.176. The van der Waals surface area contributed by atoms with Gasteiger partial charge < -0.3 is 19.9 Å². The molecule has 0 saturated carbocycles. The maximum Gasteiger partial charge on any atom is 0.162 e. The fourth-order valence-corrected chi connectivity index (χ4v) is 2.36. The number of nitrogens with one attached hydrogen (secondary N) is 1. The van der Waals surface area contributed by atoms with E-state index in [1.807, 2.05) is 19.1 Å². The first-order valence-corrected chi connectivity index (χ1v) is 7.05. The largest absolute Gasteiger partial charge is 0.506 e. The number of anilines is 2. The van der Waals surface area contributed by atoms with Crippen LogP contribution in [-0.2, 0) is 0 Å². The van der Waals surface area contributed by atoms with Crippen molar-refractivity contribution in [3.8, 4) is 17.2 Å². The molecule has 6 heteroatoms. The first kappa shape index (κ1) is 14.9. The van der Waals surface area contributed by atoms with Crippen LogP contribution in [0.3, 0.4) is 0 Å². The molecule has 3 rings (SSSR count). The summed E-state index contributed by atoms with van der Waals surface area (Å²) in [5.41, 5.74) is 2.27. The molecule has 0 fully saturated rings. The van der Waals surface area contributed by atoms with Gasteiger partial charge in [0.25, 0.3) is 0 Å². The van der Waals surface area contributed by atoms with Crippen LogP contribution in [0, 0.1) is 6.92 Å². The Kier molecular flexibility index (Phi) is 3.89. The maximum absolute atomic E-state index is 10.1. The molecule has 6 nitrogen and oxygen atoms in total. The summed E-state index contributed by atoms with van der Waals surface area (Å²) < 4.78 is 10.6. The van der Waals surface area contributed by atoms with E-state index in [1.54, 1.807) is 32.4 Å². The Labute approximate surface area is 133 Å². The number of phenolic OH excluding ortho intramolecular Hbond substituents is 1. The summed E-state index contributed by atoms with van der Waals surface area (Å²) in [6.07, 6.45) is 1.46. The minimum Gasteiger partial charge on any atom is -0.506 e. The number of hydrogen-bond acceptors (Lipinski definition) is 6. The van der Waals surface area contributed by atoms with Gasteiger partial charge in [-0.1, -0.05) is 6.07 Å². The predicted octanol–water partition coefficient (Wildman–Crippen LogP) is 3.40. The lowest BCUT2D eigenvalue weighted by Gasteiger charge is -2.13. The van der Waals surface area contributed by atoms with Gasteiger partial charge in [0.05, 0.1) is 25.4 Å². The Balaban J connectivity index is 2.10. The molecule has 0 aliphatic heterocycles. The molecule has 3 aromatic rings. The summed E-state index contributed by atoms with van der Waals surface area (Å²) in [6, 6.07) is 9.00. The molecule has 0 aliphatic rings. The molecule has 23 heavy (non-hydrogen) atoms. The average molecular weight is 311 g/mol. The molecule has 0 atom stereocenters. The standard InChI is InChI=1S/C17H17N3O3/c1-10-4-5-12(14(21)6-10)20-17-11-7-15(22-2)16(23-3)8-13(11)18-9-19-17/h4-9,21H,1-3H3,(H,18,19,20). The number of hydrogen-bond donors (Lipinski definition) is 2. The highest BCUT2D eigenvalue weighted by Gasteiger charge is 2.12. The molecule has 0 saturated heterocycles. The first-order chi connectivity index (χ1) is 11.1. The number of aromatic nitrogens is 2. The summed E-state index contributed by atoms with van der Waals surface area (Å²) in [4.78, 5) is 8.52. The second-order valence-corrected chi connectivity index (χ2v) is 5.09. The lowest BCUT2D eigenvalue weighted by Crippen LogP contribution is -1.98.